The Balaban J connectivity index is 1.72. The van der Waals surface area contributed by atoms with Gasteiger partial charge in [-0.25, -0.2) is 14.2 Å². The van der Waals surface area contributed by atoms with Gasteiger partial charge < -0.3 is 14.4 Å². The molecule has 1 aliphatic rings. The highest BCUT2D eigenvalue weighted by Gasteiger charge is 2.37. The maximum absolute atomic E-state index is 15.5. The number of methoxy groups -OCH3 is 1. The van der Waals surface area contributed by atoms with E-state index in [1.807, 2.05) is 0 Å². The number of amides is 1. The largest absolute Gasteiger partial charge is 0.465 e. The van der Waals surface area contributed by atoms with Crippen molar-refractivity contribution in [1.29, 1.82) is 0 Å². The van der Waals surface area contributed by atoms with Crippen LogP contribution in [0.1, 0.15) is 73.5 Å². The Kier molecular flexibility index (Phi) is 9.48. The number of pyridine rings is 2. The van der Waals surface area contributed by atoms with Crippen LogP contribution in [0.25, 0.3) is 0 Å². The molecule has 0 unspecified atom stereocenters. The lowest BCUT2D eigenvalue weighted by Crippen LogP contribution is -2.43. The van der Waals surface area contributed by atoms with E-state index in [1.54, 1.807) is 32.2 Å². The number of carbonyl (C=O) groups is 2. The van der Waals surface area contributed by atoms with Crippen molar-refractivity contribution < 1.29 is 36.6 Å². The van der Waals surface area contributed by atoms with Crippen molar-refractivity contribution in [3.63, 3.8) is 0 Å². The van der Waals surface area contributed by atoms with E-state index in [2.05, 4.69) is 16.9 Å². The van der Waals surface area contributed by atoms with Gasteiger partial charge in [-0.05, 0) is 68.7 Å². The van der Waals surface area contributed by atoms with Crippen molar-refractivity contribution in [3.8, 4) is 11.6 Å². The fourth-order valence-electron chi connectivity index (χ4n) is 5.17. The van der Waals surface area contributed by atoms with Crippen molar-refractivity contribution in [2.24, 2.45) is 11.8 Å². The monoisotopic (exact) mass is 587 g/mol. The molecule has 7 nitrogen and oxygen atoms in total. The first kappa shape index (κ1) is 30.9. The van der Waals surface area contributed by atoms with E-state index in [1.165, 1.54) is 17.3 Å². The van der Waals surface area contributed by atoms with E-state index < -0.39 is 41.2 Å². The molecule has 4 rings (SSSR count). The lowest BCUT2D eigenvalue weighted by atomic mass is 9.82. The smallest absolute Gasteiger partial charge is 0.421 e. The van der Waals surface area contributed by atoms with Gasteiger partial charge in [-0.15, -0.1) is 0 Å². The zero-order valence-corrected chi connectivity index (χ0v) is 23.9. The highest BCUT2D eigenvalue weighted by Crippen LogP contribution is 2.40. The van der Waals surface area contributed by atoms with Gasteiger partial charge in [0.15, 0.2) is 11.6 Å². The summed E-state index contributed by atoms with van der Waals surface area (Å²) in [6, 6.07) is 5.70. The zero-order chi connectivity index (χ0) is 30.6. The number of hydrogen-bond donors (Lipinski definition) is 0. The first-order valence-electron chi connectivity index (χ1n) is 13.8. The highest BCUT2D eigenvalue weighted by atomic mass is 19.4. The summed E-state index contributed by atoms with van der Waals surface area (Å²) in [5.74, 6) is -3.56. The average Bonchev–Trinajstić information content (AvgIpc) is 2.95. The van der Waals surface area contributed by atoms with Gasteiger partial charge >= 0.3 is 12.1 Å². The normalized spacial score (nSPS) is 17.2. The molecule has 0 saturated heterocycles. The van der Waals surface area contributed by atoms with E-state index in [9.17, 15) is 22.8 Å². The van der Waals surface area contributed by atoms with Gasteiger partial charge in [0.25, 0.3) is 0 Å². The Morgan fingerprint density at radius 1 is 1.07 bits per heavy atom. The van der Waals surface area contributed by atoms with E-state index in [0.717, 1.165) is 38.2 Å². The van der Waals surface area contributed by atoms with Crippen LogP contribution in [0, 0.1) is 17.7 Å². The van der Waals surface area contributed by atoms with Crippen molar-refractivity contribution in [2.75, 3.05) is 12.0 Å². The Morgan fingerprint density at radius 2 is 1.79 bits per heavy atom. The second-order valence-electron chi connectivity index (χ2n) is 10.9. The predicted molar refractivity (Wildman–Crippen MR) is 148 cm³/mol. The molecule has 11 heteroatoms. The molecule has 1 aromatic carbocycles. The number of anilines is 1. The van der Waals surface area contributed by atoms with E-state index >= 15 is 4.39 Å². The summed E-state index contributed by atoms with van der Waals surface area (Å²) in [7, 11) is 1.12. The van der Waals surface area contributed by atoms with Gasteiger partial charge in [0.1, 0.15) is 5.56 Å². The Labute approximate surface area is 241 Å². The molecule has 1 fully saturated rings. The molecule has 0 radical (unpaired) electrons. The maximum atomic E-state index is 15.5. The van der Waals surface area contributed by atoms with Crippen LogP contribution in [0.2, 0.25) is 0 Å². The Bertz CT molecular complexity index is 1420. The SMILES string of the molecule is COC(=O)c1cc(Oc2ncc(Cc3cccnc3)cc2C(F)(F)F)c(F)cc1N(C(=O)C1CCC(C)CC1)C(C)C. The molecule has 0 N–H and O–H groups in total. The van der Waals surface area contributed by atoms with Gasteiger partial charge in [0, 0.05) is 49.1 Å². The summed E-state index contributed by atoms with van der Waals surface area (Å²) < 4.78 is 67.9. The number of halogens is 4. The fraction of sp³-hybridized carbons (Fsp3) is 0.419. The van der Waals surface area contributed by atoms with Crippen LogP contribution in [0.5, 0.6) is 11.6 Å². The van der Waals surface area contributed by atoms with E-state index in [4.69, 9.17) is 9.47 Å². The minimum absolute atomic E-state index is 0.0406. The van der Waals surface area contributed by atoms with Crippen molar-refractivity contribution >= 4 is 17.6 Å². The van der Waals surface area contributed by atoms with Crippen LogP contribution >= 0.6 is 0 Å². The summed E-state index contributed by atoms with van der Waals surface area (Å²) in [5.41, 5.74) is -0.546. The fourth-order valence-corrected chi connectivity index (χ4v) is 5.17. The first-order chi connectivity index (χ1) is 19.9. The standard InChI is InChI=1S/C31H33F4N3O4/c1-18(2)38(29(39)22-9-7-19(3)8-10-22)26-15-25(32)27(14-23(26)30(40)41-4)42-28-24(31(33,34)35)13-21(17-37-28)12-20-6-5-11-36-16-20/h5-6,11,13-19,22H,7-10,12H2,1-4H3. The lowest BCUT2D eigenvalue weighted by Gasteiger charge is -2.34. The lowest BCUT2D eigenvalue weighted by molar-refractivity contribution is -0.139. The quantitative estimate of drug-likeness (QED) is 0.202. The Morgan fingerprint density at radius 3 is 2.38 bits per heavy atom. The number of rotatable bonds is 8. The third kappa shape index (κ3) is 7.06. The third-order valence-electron chi connectivity index (χ3n) is 7.38. The Hall–Kier alpha value is -4.02. The number of carbonyl (C=O) groups excluding carboxylic acids is 2. The van der Waals surface area contributed by atoms with Gasteiger partial charge in [-0.1, -0.05) is 13.0 Å². The second-order valence-corrected chi connectivity index (χ2v) is 10.9. The van der Waals surface area contributed by atoms with Crippen LogP contribution in [0.4, 0.5) is 23.2 Å². The molecule has 1 amide bonds. The van der Waals surface area contributed by atoms with Gasteiger partial charge in [-0.3, -0.25) is 9.78 Å². The van der Waals surface area contributed by atoms with Gasteiger partial charge in [-0.2, -0.15) is 13.2 Å². The second kappa shape index (κ2) is 12.9. The number of nitrogens with zero attached hydrogens (tertiary/aromatic N) is 3. The molecule has 0 spiro atoms. The van der Waals surface area contributed by atoms with E-state index in [0.29, 0.717) is 24.3 Å². The number of aromatic nitrogens is 2. The molecule has 224 valence electrons. The summed E-state index contributed by atoms with van der Waals surface area (Å²) in [4.78, 5) is 35.6. The maximum Gasteiger partial charge on any atom is 0.421 e. The molecule has 42 heavy (non-hydrogen) atoms. The van der Waals surface area contributed by atoms with Gasteiger partial charge in [0.2, 0.25) is 11.8 Å². The van der Waals surface area contributed by atoms with E-state index in [-0.39, 0.29) is 35.1 Å². The molecule has 1 aliphatic carbocycles. The van der Waals surface area contributed by atoms with Crippen LogP contribution in [0.3, 0.4) is 0 Å². The predicted octanol–water partition coefficient (Wildman–Crippen LogP) is 7.37. The topological polar surface area (TPSA) is 81.6 Å². The number of benzene rings is 1. The molecule has 0 bridgehead atoms. The third-order valence-corrected chi connectivity index (χ3v) is 7.38. The number of hydrogen-bond acceptors (Lipinski definition) is 6. The molecular formula is C31H33F4N3O4. The van der Waals surface area contributed by atoms with Crippen LogP contribution < -0.4 is 9.64 Å². The number of ether oxygens (including phenoxy) is 2. The first-order valence-corrected chi connectivity index (χ1v) is 13.8. The van der Waals surface area contributed by atoms with Crippen LogP contribution in [-0.4, -0.2) is 35.0 Å². The minimum atomic E-state index is -4.87. The average molecular weight is 588 g/mol. The summed E-state index contributed by atoms with van der Waals surface area (Å²) in [6.45, 7) is 5.59. The summed E-state index contributed by atoms with van der Waals surface area (Å²) >= 11 is 0. The molecule has 3 aromatic rings. The molecule has 0 aliphatic heterocycles. The van der Waals surface area contributed by atoms with Crippen LogP contribution in [-0.2, 0) is 22.1 Å². The summed E-state index contributed by atoms with van der Waals surface area (Å²) in [5, 5.41) is 0. The van der Waals surface area contributed by atoms with Crippen molar-refractivity contribution in [1.82, 2.24) is 9.97 Å². The zero-order valence-electron chi connectivity index (χ0n) is 23.9. The van der Waals surface area contributed by atoms with Crippen molar-refractivity contribution in [2.45, 2.75) is 65.1 Å². The van der Waals surface area contributed by atoms with Crippen LogP contribution in [0.15, 0.2) is 48.9 Å². The molecule has 2 heterocycles. The number of alkyl halides is 3. The van der Waals surface area contributed by atoms with Gasteiger partial charge in [0.05, 0.1) is 18.4 Å². The molecule has 2 aromatic heterocycles. The highest BCUT2D eigenvalue weighted by molar-refractivity contribution is 6.04. The van der Waals surface area contributed by atoms with Crippen molar-refractivity contribution in [3.05, 3.63) is 77.0 Å². The number of esters is 1. The molecule has 0 atom stereocenters. The molecule has 1 saturated carbocycles. The minimum Gasteiger partial charge on any atom is -0.465 e. The summed E-state index contributed by atoms with van der Waals surface area (Å²) in [6.07, 6.45) is 2.65. The molecular weight excluding hydrogens is 554 g/mol.